The van der Waals surface area contributed by atoms with Crippen molar-refractivity contribution in [2.45, 2.75) is 38.0 Å². The zero-order chi connectivity index (χ0) is 11.4. The Kier molecular flexibility index (Phi) is 3.94. The van der Waals surface area contributed by atoms with Crippen LogP contribution >= 0.6 is 0 Å². The Morgan fingerprint density at radius 2 is 1.94 bits per heavy atom. The Hall–Kier alpha value is -0.890. The van der Waals surface area contributed by atoms with Crippen LogP contribution in [0.3, 0.4) is 0 Å². The van der Waals surface area contributed by atoms with Crippen LogP contribution in [-0.2, 0) is 0 Å². The maximum atomic E-state index is 13.8. The van der Waals surface area contributed by atoms with E-state index < -0.39 is 0 Å². The molecule has 1 aliphatic rings. The van der Waals surface area contributed by atoms with E-state index >= 15 is 0 Å². The highest BCUT2D eigenvalue weighted by molar-refractivity contribution is 5.22. The van der Waals surface area contributed by atoms with Crippen LogP contribution in [0.15, 0.2) is 24.3 Å². The van der Waals surface area contributed by atoms with E-state index in [2.05, 4.69) is 0 Å². The molecule has 1 aliphatic carbocycles. The van der Waals surface area contributed by atoms with Gasteiger partial charge in [0.25, 0.3) is 0 Å². The average molecular weight is 221 g/mol. The Labute approximate surface area is 96.9 Å². The molecule has 0 amide bonds. The zero-order valence-corrected chi connectivity index (χ0v) is 9.66. The van der Waals surface area contributed by atoms with Crippen molar-refractivity contribution in [3.05, 3.63) is 35.6 Å². The summed E-state index contributed by atoms with van der Waals surface area (Å²) in [4.78, 5) is 0. The van der Waals surface area contributed by atoms with Crippen LogP contribution in [0.25, 0.3) is 0 Å². The van der Waals surface area contributed by atoms with E-state index in [1.165, 1.54) is 25.7 Å². The summed E-state index contributed by atoms with van der Waals surface area (Å²) in [5.74, 6) is 0.905. The van der Waals surface area contributed by atoms with Gasteiger partial charge in [-0.2, -0.15) is 0 Å². The molecule has 88 valence electrons. The number of nitrogens with two attached hydrogens (primary N) is 1. The lowest BCUT2D eigenvalue weighted by molar-refractivity contribution is 0.402. The van der Waals surface area contributed by atoms with Crippen LogP contribution in [0.1, 0.15) is 43.6 Å². The van der Waals surface area contributed by atoms with Gasteiger partial charge in [-0.05, 0) is 49.3 Å². The van der Waals surface area contributed by atoms with Crippen molar-refractivity contribution in [3.63, 3.8) is 0 Å². The summed E-state index contributed by atoms with van der Waals surface area (Å²) in [6.07, 6.45) is 5.96. The van der Waals surface area contributed by atoms with Crippen LogP contribution in [0.4, 0.5) is 4.39 Å². The van der Waals surface area contributed by atoms with Gasteiger partial charge in [-0.3, -0.25) is 0 Å². The summed E-state index contributed by atoms with van der Waals surface area (Å²) in [6.45, 7) is 0.648. The first kappa shape index (κ1) is 11.6. The second-order valence-electron chi connectivity index (χ2n) is 4.75. The summed E-state index contributed by atoms with van der Waals surface area (Å²) in [5.41, 5.74) is 6.54. The molecule has 0 heterocycles. The summed E-state index contributed by atoms with van der Waals surface area (Å²) in [6, 6.07) is 7.17. The van der Waals surface area contributed by atoms with Crippen molar-refractivity contribution < 1.29 is 4.39 Å². The Bertz CT molecular complexity index is 331. The molecule has 0 bridgehead atoms. The Morgan fingerprint density at radius 1 is 1.25 bits per heavy atom. The molecule has 1 atom stereocenters. The van der Waals surface area contributed by atoms with Crippen LogP contribution < -0.4 is 5.73 Å². The first-order valence-electron chi connectivity index (χ1n) is 6.27. The lowest BCUT2D eigenvalue weighted by atomic mass is 9.82. The van der Waals surface area contributed by atoms with E-state index in [0.717, 1.165) is 12.0 Å². The maximum Gasteiger partial charge on any atom is 0.126 e. The van der Waals surface area contributed by atoms with Gasteiger partial charge in [-0.1, -0.05) is 31.0 Å². The lowest BCUT2D eigenvalue weighted by Crippen LogP contribution is -2.16. The van der Waals surface area contributed by atoms with Crippen molar-refractivity contribution in [2.24, 2.45) is 11.7 Å². The topological polar surface area (TPSA) is 26.0 Å². The van der Waals surface area contributed by atoms with Gasteiger partial charge < -0.3 is 5.73 Å². The van der Waals surface area contributed by atoms with E-state index in [4.69, 9.17) is 5.73 Å². The van der Waals surface area contributed by atoms with Gasteiger partial charge in [0.15, 0.2) is 0 Å². The monoisotopic (exact) mass is 221 g/mol. The molecule has 1 nitrogen and oxygen atoms in total. The molecule has 1 saturated carbocycles. The third-order valence-electron chi connectivity index (χ3n) is 3.75. The molecule has 0 aromatic heterocycles. The fourth-order valence-electron chi connectivity index (χ4n) is 2.96. The van der Waals surface area contributed by atoms with Crippen molar-refractivity contribution in [2.75, 3.05) is 6.54 Å². The van der Waals surface area contributed by atoms with Crippen molar-refractivity contribution in [3.8, 4) is 0 Å². The SMILES string of the molecule is NCCC(c1ccccc1F)C1CCCC1. The van der Waals surface area contributed by atoms with Crippen LogP contribution in [0.5, 0.6) is 0 Å². The van der Waals surface area contributed by atoms with Gasteiger partial charge in [0.1, 0.15) is 5.82 Å². The third kappa shape index (κ3) is 2.43. The summed E-state index contributed by atoms with van der Waals surface area (Å²) >= 11 is 0. The average Bonchev–Trinajstić information content (AvgIpc) is 2.80. The second-order valence-corrected chi connectivity index (χ2v) is 4.75. The van der Waals surface area contributed by atoms with Gasteiger partial charge in [-0.25, -0.2) is 4.39 Å². The summed E-state index contributed by atoms with van der Waals surface area (Å²) in [5, 5.41) is 0. The highest BCUT2D eigenvalue weighted by Crippen LogP contribution is 2.39. The fraction of sp³-hybridized carbons (Fsp3) is 0.571. The quantitative estimate of drug-likeness (QED) is 0.828. The molecule has 2 rings (SSSR count). The molecule has 0 aliphatic heterocycles. The molecule has 1 aromatic carbocycles. The van der Waals surface area contributed by atoms with Crippen LogP contribution in [0.2, 0.25) is 0 Å². The van der Waals surface area contributed by atoms with Crippen LogP contribution in [-0.4, -0.2) is 6.54 Å². The summed E-state index contributed by atoms with van der Waals surface area (Å²) in [7, 11) is 0. The van der Waals surface area contributed by atoms with Gasteiger partial charge in [0.05, 0.1) is 0 Å². The molecular formula is C14H20FN. The molecule has 2 N–H and O–H groups in total. The molecule has 16 heavy (non-hydrogen) atoms. The standard InChI is InChI=1S/C14H20FN/c15-14-8-4-3-7-13(14)12(9-10-16)11-5-1-2-6-11/h3-4,7-8,11-12H,1-2,5-6,9-10,16H2. The van der Waals surface area contributed by atoms with Crippen molar-refractivity contribution >= 4 is 0 Å². The largest absolute Gasteiger partial charge is 0.330 e. The molecule has 0 saturated heterocycles. The highest BCUT2D eigenvalue weighted by atomic mass is 19.1. The van der Waals surface area contributed by atoms with Gasteiger partial charge >= 0.3 is 0 Å². The maximum absolute atomic E-state index is 13.8. The second kappa shape index (κ2) is 5.44. The number of hydrogen-bond donors (Lipinski definition) is 1. The predicted octanol–water partition coefficient (Wildman–Crippen LogP) is 3.45. The number of rotatable bonds is 4. The summed E-state index contributed by atoms with van der Waals surface area (Å²) < 4.78 is 13.8. The minimum absolute atomic E-state index is 0.0622. The molecule has 2 heteroatoms. The smallest absolute Gasteiger partial charge is 0.126 e. The van der Waals surface area contributed by atoms with Crippen molar-refractivity contribution in [1.82, 2.24) is 0 Å². The Morgan fingerprint density at radius 3 is 2.56 bits per heavy atom. The zero-order valence-electron chi connectivity index (χ0n) is 9.66. The Balaban J connectivity index is 2.21. The highest BCUT2D eigenvalue weighted by Gasteiger charge is 2.27. The molecular weight excluding hydrogens is 201 g/mol. The van der Waals surface area contributed by atoms with Crippen molar-refractivity contribution in [1.29, 1.82) is 0 Å². The first-order valence-corrected chi connectivity index (χ1v) is 6.27. The van der Waals surface area contributed by atoms with E-state index in [-0.39, 0.29) is 5.82 Å². The molecule has 1 fully saturated rings. The van der Waals surface area contributed by atoms with Gasteiger partial charge in [0.2, 0.25) is 0 Å². The van der Waals surface area contributed by atoms with E-state index in [9.17, 15) is 4.39 Å². The van der Waals surface area contributed by atoms with E-state index in [1.807, 2.05) is 12.1 Å². The number of halogens is 1. The minimum atomic E-state index is -0.0622. The van der Waals surface area contributed by atoms with E-state index in [1.54, 1.807) is 12.1 Å². The predicted molar refractivity (Wildman–Crippen MR) is 64.8 cm³/mol. The van der Waals surface area contributed by atoms with E-state index in [0.29, 0.717) is 18.4 Å². The lowest BCUT2D eigenvalue weighted by Gasteiger charge is -2.23. The molecule has 0 spiro atoms. The van der Waals surface area contributed by atoms with Gasteiger partial charge in [0, 0.05) is 0 Å². The molecule has 0 radical (unpaired) electrons. The fourth-order valence-corrected chi connectivity index (χ4v) is 2.96. The molecule has 1 aromatic rings. The van der Waals surface area contributed by atoms with Gasteiger partial charge in [-0.15, -0.1) is 0 Å². The first-order chi connectivity index (χ1) is 7.83. The number of hydrogen-bond acceptors (Lipinski definition) is 1. The molecule has 1 unspecified atom stereocenters. The third-order valence-corrected chi connectivity index (χ3v) is 3.75. The number of benzene rings is 1. The minimum Gasteiger partial charge on any atom is -0.330 e. The van der Waals surface area contributed by atoms with Crippen LogP contribution in [0, 0.1) is 11.7 Å². The normalized spacial score (nSPS) is 18.9.